The molecule has 6 heteroatoms. The van der Waals surface area contributed by atoms with Gasteiger partial charge in [-0.05, 0) is 32.4 Å². The van der Waals surface area contributed by atoms with Crippen molar-refractivity contribution in [1.82, 2.24) is 14.6 Å². The van der Waals surface area contributed by atoms with Gasteiger partial charge in [-0.3, -0.25) is 0 Å². The van der Waals surface area contributed by atoms with Crippen LogP contribution in [0, 0.1) is 5.92 Å². The van der Waals surface area contributed by atoms with Crippen LogP contribution < -0.4 is 10.0 Å². The second kappa shape index (κ2) is 5.64. The van der Waals surface area contributed by atoms with E-state index in [1.54, 1.807) is 12.3 Å². The monoisotopic (exact) mass is 285 g/mol. The van der Waals surface area contributed by atoms with Gasteiger partial charge >= 0.3 is 0 Å². The lowest BCUT2D eigenvalue weighted by Gasteiger charge is -2.04. The summed E-state index contributed by atoms with van der Waals surface area (Å²) >= 11 is 0. The van der Waals surface area contributed by atoms with Crippen LogP contribution in [0.1, 0.15) is 32.4 Å². The minimum Gasteiger partial charge on any atom is -0.349 e. The zero-order valence-corrected chi connectivity index (χ0v) is 12.6. The van der Waals surface area contributed by atoms with Crippen LogP contribution in [0.25, 0.3) is 0 Å². The molecule has 0 spiro atoms. The van der Waals surface area contributed by atoms with Gasteiger partial charge in [0.1, 0.15) is 0 Å². The zero-order chi connectivity index (χ0) is 14.0. The first-order chi connectivity index (χ1) is 9.01. The molecule has 1 aliphatic carbocycles. The number of aryl methyl sites for hydroxylation is 1. The fourth-order valence-corrected chi connectivity index (χ4v) is 3.79. The molecule has 1 aliphatic rings. The van der Waals surface area contributed by atoms with E-state index in [-0.39, 0.29) is 6.04 Å². The molecule has 1 aromatic rings. The third kappa shape index (κ3) is 3.19. The number of nitrogens with one attached hydrogen (secondary N) is 2. The van der Waals surface area contributed by atoms with Crippen molar-refractivity contribution in [2.24, 2.45) is 5.92 Å². The summed E-state index contributed by atoms with van der Waals surface area (Å²) in [6.07, 6.45) is 3.72. The van der Waals surface area contributed by atoms with E-state index in [0.29, 0.717) is 17.4 Å². The molecule has 2 rings (SSSR count). The highest BCUT2D eigenvalue weighted by Gasteiger charge is 2.38. The maximum absolute atomic E-state index is 12.3. The van der Waals surface area contributed by atoms with Gasteiger partial charge in [-0.2, -0.15) is 0 Å². The highest BCUT2D eigenvalue weighted by Crippen LogP contribution is 2.34. The van der Waals surface area contributed by atoms with Crippen LogP contribution >= 0.6 is 0 Å². The van der Waals surface area contributed by atoms with Crippen LogP contribution in [0.15, 0.2) is 17.2 Å². The number of hydrogen-bond donors (Lipinski definition) is 2. The van der Waals surface area contributed by atoms with Crippen LogP contribution in [-0.2, 0) is 23.1 Å². The standard InChI is InChI=1S/C13H23N3O2S/c1-4-10-6-13(10)15-19(17,18)12-7-11(8-14-3)16(5-2)9-12/h7,9-10,13-15H,4-6,8H2,1-3H3. The van der Waals surface area contributed by atoms with Gasteiger partial charge in [-0.25, -0.2) is 13.1 Å². The van der Waals surface area contributed by atoms with E-state index in [4.69, 9.17) is 0 Å². The van der Waals surface area contributed by atoms with Gasteiger partial charge < -0.3 is 9.88 Å². The van der Waals surface area contributed by atoms with Crippen molar-refractivity contribution in [1.29, 1.82) is 0 Å². The third-order valence-corrected chi connectivity index (χ3v) is 5.18. The van der Waals surface area contributed by atoms with Gasteiger partial charge in [-0.1, -0.05) is 13.3 Å². The molecule has 2 atom stereocenters. The molecule has 1 heterocycles. The average Bonchev–Trinajstić information content (AvgIpc) is 2.96. The molecule has 0 saturated heterocycles. The highest BCUT2D eigenvalue weighted by atomic mass is 32.2. The Hall–Kier alpha value is -0.850. The first-order valence-electron chi connectivity index (χ1n) is 6.87. The Kier molecular flexibility index (Phi) is 4.32. The molecule has 2 unspecified atom stereocenters. The molecule has 0 aromatic carbocycles. The van der Waals surface area contributed by atoms with Gasteiger partial charge in [0, 0.05) is 31.0 Å². The molecule has 108 valence electrons. The number of sulfonamides is 1. The Morgan fingerprint density at radius 2 is 2.16 bits per heavy atom. The van der Waals surface area contributed by atoms with E-state index in [0.717, 1.165) is 25.1 Å². The summed E-state index contributed by atoms with van der Waals surface area (Å²) in [6.45, 7) is 5.55. The molecule has 0 amide bonds. The predicted molar refractivity (Wildman–Crippen MR) is 75.4 cm³/mol. The van der Waals surface area contributed by atoms with Crippen LogP contribution in [0.2, 0.25) is 0 Å². The van der Waals surface area contributed by atoms with Gasteiger partial charge in [0.2, 0.25) is 10.0 Å². The first-order valence-corrected chi connectivity index (χ1v) is 8.36. The molecule has 1 saturated carbocycles. The summed E-state index contributed by atoms with van der Waals surface area (Å²) in [5.41, 5.74) is 0.994. The predicted octanol–water partition coefficient (Wildman–Crippen LogP) is 1.30. The highest BCUT2D eigenvalue weighted by molar-refractivity contribution is 7.89. The normalized spacial score (nSPS) is 22.7. The second-order valence-electron chi connectivity index (χ2n) is 5.12. The van der Waals surface area contributed by atoms with E-state index in [1.165, 1.54) is 0 Å². The summed E-state index contributed by atoms with van der Waals surface area (Å²) < 4.78 is 29.3. The van der Waals surface area contributed by atoms with Crippen LogP contribution in [0.4, 0.5) is 0 Å². The maximum atomic E-state index is 12.3. The number of rotatable bonds is 7. The fourth-order valence-electron chi connectivity index (χ4n) is 2.41. The molecule has 2 N–H and O–H groups in total. The van der Waals surface area contributed by atoms with E-state index in [1.807, 2.05) is 18.5 Å². The summed E-state index contributed by atoms with van der Waals surface area (Å²) in [4.78, 5) is 0.376. The molecule has 0 bridgehead atoms. The largest absolute Gasteiger partial charge is 0.349 e. The molecule has 0 aliphatic heterocycles. The lowest BCUT2D eigenvalue weighted by molar-refractivity contribution is 0.575. The van der Waals surface area contributed by atoms with Crippen molar-refractivity contribution in [3.05, 3.63) is 18.0 Å². The molecule has 19 heavy (non-hydrogen) atoms. The number of hydrogen-bond acceptors (Lipinski definition) is 3. The Balaban J connectivity index is 2.16. The smallest absolute Gasteiger partial charge is 0.242 e. The van der Waals surface area contributed by atoms with Crippen molar-refractivity contribution < 1.29 is 8.42 Å². The summed E-state index contributed by atoms with van der Waals surface area (Å²) in [6, 6.07) is 1.89. The minimum atomic E-state index is -3.37. The lowest BCUT2D eigenvalue weighted by Crippen LogP contribution is -2.26. The summed E-state index contributed by atoms with van der Waals surface area (Å²) in [5, 5.41) is 3.06. The lowest BCUT2D eigenvalue weighted by atomic mass is 10.3. The van der Waals surface area contributed by atoms with E-state index in [9.17, 15) is 8.42 Å². The van der Waals surface area contributed by atoms with Crippen LogP contribution in [0.5, 0.6) is 0 Å². The van der Waals surface area contributed by atoms with Crippen molar-refractivity contribution in [3.63, 3.8) is 0 Å². The van der Waals surface area contributed by atoms with Crippen molar-refractivity contribution in [2.75, 3.05) is 7.05 Å². The van der Waals surface area contributed by atoms with Crippen LogP contribution in [0.3, 0.4) is 0 Å². The quantitative estimate of drug-likeness (QED) is 0.794. The third-order valence-electron chi connectivity index (χ3n) is 3.72. The van der Waals surface area contributed by atoms with Crippen molar-refractivity contribution in [2.45, 2.75) is 50.7 Å². The number of aromatic nitrogens is 1. The average molecular weight is 285 g/mol. The van der Waals surface area contributed by atoms with Crippen molar-refractivity contribution >= 4 is 10.0 Å². The maximum Gasteiger partial charge on any atom is 0.242 e. The fraction of sp³-hybridized carbons (Fsp3) is 0.692. The van der Waals surface area contributed by atoms with Gasteiger partial charge in [-0.15, -0.1) is 0 Å². The Morgan fingerprint density at radius 3 is 2.68 bits per heavy atom. The molecule has 0 radical (unpaired) electrons. The van der Waals surface area contributed by atoms with E-state index >= 15 is 0 Å². The first kappa shape index (κ1) is 14.6. The Labute approximate surface area is 115 Å². The topological polar surface area (TPSA) is 63.1 Å². The minimum absolute atomic E-state index is 0.132. The van der Waals surface area contributed by atoms with E-state index < -0.39 is 10.0 Å². The molecule has 1 fully saturated rings. The molecular formula is C13H23N3O2S. The summed E-state index contributed by atoms with van der Waals surface area (Å²) in [7, 11) is -1.51. The van der Waals surface area contributed by atoms with Crippen LogP contribution in [-0.4, -0.2) is 26.1 Å². The second-order valence-corrected chi connectivity index (χ2v) is 6.83. The molecular weight excluding hydrogens is 262 g/mol. The number of nitrogens with zero attached hydrogens (tertiary/aromatic N) is 1. The van der Waals surface area contributed by atoms with Gasteiger partial charge in [0.15, 0.2) is 0 Å². The van der Waals surface area contributed by atoms with Gasteiger partial charge in [0.05, 0.1) is 4.90 Å². The van der Waals surface area contributed by atoms with E-state index in [2.05, 4.69) is 17.0 Å². The Bertz CT molecular complexity index is 536. The molecule has 1 aromatic heterocycles. The zero-order valence-electron chi connectivity index (χ0n) is 11.8. The van der Waals surface area contributed by atoms with Crippen molar-refractivity contribution in [3.8, 4) is 0 Å². The van der Waals surface area contributed by atoms with Gasteiger partial charge in [0.25, 0.3) is 0 Å². The molecule has 5 nitrogen and oxygen atoms in total. The summed E-state index contributed by atoms with van der Waals surface area (Å²) in [5.74, 6) is 0.514. The SMILES string of the molecule is CCC1CC1NS(=O)(=O)c1cc(CNC)n(CC)c1. The Morgan fingerprint density at radius 1 is 1.42 bits per heavy atom.